The zero-order valence-corrected chi connectivity index (χ0v) is 14.9. The third kappa shape index (κ3) is 1.74. The molecule has 2 heterocycles. The van der Waals surface area contributed by atoms with E-state index in [1.807, 2.05) is 17.0 Å². The Labute approximate surface area is 154 Å². The summed E-state index contributed by atoms with van der Waals surface area (Å²) in [5, 5.41) is 20.8. The van der Waals surface area contributed by atoms with Crippen LogP contribution >= 0.6 is 34.8 Å². The lowest BCUT2D eigenvalue weighted by atomic mass is 9.53. The number of rotatable bonds is 0. The molecule has 2 aliphatic carbocycles. The molecule has 1 aromatic rings. The highest BCUT2D eigenvalue weighted by Gasteiger charge is 2.65. The Morgan fingerprint density at radius 3 is 2.79 bits per heavy atom. The molecule has 7 heteroatoms. The van der Waals surface area contributed by atoms with Gasteiger partial charge in [0, 0.05) is 29.5 Å². The van der Waals surface area contributed by atoms with Crippen LogP contribution in [0, 0.1) is 5.92 Å². The second-order valence-corrected chi connectivity index (χ2v) is 9.33. The summed E-state index contributed by atoms with van der Waals surface area (Å²) in [7, 11) is 0. The molecule has 0 unspecified atom stereocenters. The maximum absolute atomic E-state index is 10.5. The summed E-state index contributed by atoms with van der Waals surface area (Å²) in [5.41, 5.74) is 1.78. The van der Waals surface area contributed by atoms with Gasteiger partial charge in [0.05, 0.1) is 0 Å². The minimum atomic E-state index is -1.47. The number of benzene rings is 1. The van der Waals surface area contributed by atoms with Crippen molar-refractivity contribution in [2.45, 2.75) is 40.4 Å². The lowest BCUT2D eigenvalue weighted by Crippen LogP contribution is -2.67. The van der Waals surface area contributed by atoms with E-state index < -0.39 is 16.1 Å². The van der Waals surface area contributed by atoms with E-state index in [1.54, 1.807) is 12.1 Å². The van der Waals surface area contributed by atoms with Crippen LogP contribution in [-0.2, 0) is 11.8 Å². The summed E-state index contributed by atoms with van der Waals surface area (Å²) in [6, 6.07) is 3.60. The Kier molecular flexibility index (Phi) is 3.08. The van der Waals surface area contributed by atoms with Gasteiger partial charge in [0.1, 0.15) is 12.2 Å². The standard InChI is InChI=1S/C17H16Cl3NO3/c18-17(19,20)21-6-5-16-9-2-4-12(23)15(16)24-14-11(22)3-1-8(13(14)16)7-10(9)21/h1-4,9-10,12,15,22-23H,5-7H2/t9-,10+,12-,15-,16-/m0/s1. The first-order valence-corrected chi connectivity index (χ1v) is 9.19. The summed E-state index contributed by atoms with van der Waals surface area (Å²) in [4.78, 5) is 1.92. The van der Waals surface area contributed by atoms with Gasteiger partial charge in [-0.3, -0.25) is 4.90 Å². The van der Waals surface area contributed by atoms with Crippen molar-refractivity contribution in [3.8, 4) is 11.5 Å². The monoisotopic (exact) mass is 387 g/mol. The number of hydrogen-bond donors (Lipinski definition) is 2. The lowest BCUT2D eigenvalue weighted by molar-refractivity contribution is -0.0527. The summed E-state index contributed by atoms with van der Waals surface area (Å²) in [6.45, 7) is 0.604. The number of nitrogens with zero attached hydrogens (tertiary/aromatic N) is 1. The zero-order chi connectivity index (χ0) is 16.9. The number of phenols is 1. The third-order valence-corrected chi connectivity index (χ3v) is 6.85. The Bertz CT molecular complexity index is 762. The number of aliphatic hydroxyl groups excluding tert-OH is 1. The molecule has 0 saturated carbocycles. The molecule has 2 aliphatic heterocycles. The van der Waals surface area contributed by atoms with Gasteiger partial charge in [-0.05, 0) is 24.5 Å². The number of alkyl halides is 3. The Morgan fingerprint density at radius 1 is 1.25 bits per heavy atom. The molecule has 5 rings (SSSR count). The molecule has 1 saturated heterocycles. The van der Waals surface area contributed by atoms with E-state index in [2.05, 4.69) is 0 Å². The van der Waals surface area contributed by atoms with Gasteiger partial charge in [-0.25, -0.2) is 0 Å². The molecule has 4 aliphatic rings. The van der Waals surface area contributed by atoms with Crippen LogP contribution in [0.15, 0.2) is 24.3 Å². The Hall–Kier alpha value is -0.650. The average molecular weight is 389 g/mol. The number of halogens is 3. The first kappa shape index (κ1) is 15.6. The SMILES string of the molecule is Oc1ccc2c3c1O[C@H]1[C@@H](O)C=C[C@H]4[C@@H](C2)N(C(Cl)(Cl)Cl)CC[C@@]341. The van der Waals surface area contributed by atoms with Crippen molar-refractivity contribution >= 4 is 34.8 Å². The zero-order valence-electron chi connectivity index (χ0n) is 12.6. The fraction of sp³-hybridized carbons (Fsp3) is 0.529. The molecule has 1 aromatic carbocycles. The maximum atomic E-state index is 10.5. The van der Waals surface area contributed by atoms with Gasteiger partial charge in [0.2, 0.25) is 3.92 Å². The van der Waals surface area contributed by atoms with Gasteiger partial charge in [0.25, 0.3) is 0 Å². The largest absolute Gasteiger partial charge is 0.504 e. The molecule has 2 bridgehead atoms. The van der Waals surface area contributed by atoms with Gasteiger partial charge in [-0.15, -0.1) is 0 Å². The van der Waals surface area contributed by atoms with E-state index in [1.165, 1.54) is 0 Å². The quantitative estimate of drug-likeness (QED) is 0.408. The summed E-state index contributed by atoms with van der Waals surface area (Å²) < 4.78 is 4.60. The minimum absolute atomic E-state index is 0.0177. The van der Waals surface area contributed by atoms with E-state index >= 15 is 0 Å². The van der Waals surface area contributed by atoms with Crippen LogP contribution in [0.25, 0.3) is 0 Å². The van der Waals surface area contributed by atoms with E-state index in [9.17, 15) is 10.2 Å². The predicted molar refractivity (Wildman–Crippen MR) is 91.9 cm³/mol. The van der Waals surface area contributed by atoms with E-state index in [0.717, 1.165) is 17.5 Å². The second kappa shape index (κ2) is 4.74. The predicted octanol–water partition coefficient (Wildman–Crippen LogP) is 2.90. The first-order chi connectivity index (χ1) is 11.3. The van der Waals surface area contributed by atoms with Crippen LogP contribution in [-0.4, -0.2) is 43.8 Å². The van der Waals surface area contributed by atoms with Crippen LogP contribution < -0.4 is 4.74 Å². The van der Waals surface area contributed by atoms with Crippen molar-refractivity contribution in [1.82, 2.24) is 4.90 Å². The molecule has 5 atom stereocenters. The van der Waals surface area contributed by atoms with Crippen LogP contribution in [0.5, 0.6) is 11.5 Å². The van der Waals surface area contributed by atoms with Gasteiger partial charge in [-0.2, -0.15) is 0 Å². The third-order valence-electron chi connectivity index (χ3n) is 6.20. The summed E-state index contributed by atoms with van der Waals surface area (Å²) in [5.74, 6) is 0.725. The highest BCUT2D eigenvalue weighted by Crippen LogP contribution is 2.63. The van der Waals surface area contributed by atoms with Crippen LogP contribution in [0.3, 0.4) is 0 Å². The van der Waals surface area contributed by atoms with Crippen molar-refractivity contribution < 1.29 is 14.9 Å². The van der Waals surface area contributed by atoms with E-state index in [4.69, 9.17) is 39.5 Å². The van der Waals surface area contributed by atoms with Crippen molar-refractivity contribution in [1.29, 1.82) is 0 Å². The number of likely N-dealkylation sites (tertiary alicyclic amines) is 1. The molecule has 24 heavy (non-hydrogen) atoms. The second-order valence-electron chi connectivity index (χ2n) is 7.11. The molecule has 1 spiro atoms. The Balaban J connectivity index is 1.76. The van der Waals surface area contributed by atoms with Gasteiger partial charge < -0.3 is 14.9 Å². The Morgan fingerprint density at radius 2 is 2.04 bits per heavy atom. The normalized spacial score (nSPS) is 39.5. The van der Waals surface area contributed by atoms with Gasteiger partial charge in [0.15, 0.2) is 11.5 Å². The number of ether oxygens (including phenoxy) is 1. The van der Waals surface area contributed by atoms with Crippen molar-refractivity contribution in [3.05, 3.63) is 35.4 Å². The average Bonchev–Trinajstić information content (AvgIpc) is 2.85. The molecular weight excluding hydrogens is 373 g/mol. The van der Waals surface area contributed by atoms with E-state index in [0.29, 0.717) is 18.7 Å². The molecule has 0 radical (unpaired) electrons. The molecular formula is C17H16Cl3NO3. The van der Waals surface area contributed by atoms with Crippen LogP contribution in [0.2, 0.25) is 0 Å². The van der Waals surface area contributed by atoms with E-state index in [-0.39, 0.29) is 23.1 Å². The van der Waals surface area contributed by atoms with Crippen LogP contribution in [0.4, 0.5) is 0 Å². The fourth-order valence-electron chi connectivity index (χ4n) is 5.37. The maximum Gasteiger partial charge on any atom is 0.248 e. The number of aliphatic hydroxyl groups is 1. The molecule has 1 fully saturated rings. The summed E-state index contributed by atoms with van der Waals surface area (Å²) >= 11 is 18.7. The molecule has 0 amide bonds. The topological polar surface area (TPSA) is 52.9 Å². The number of hydrogen-bond acceptors (Lipinski definition) is 4. The number of phenolic OH excluding ortho intramolecular Hbond substituents is 1. The first-order valence-electron chi connectivity index (χ1n) is 8.06. The minimum Gasteiger partial charge on any atom is -0.504 e. The van der Waals surface area contributed by atoms with Crippen LogP contribution in [0.1, 0.15) is 17.5 Å². The summed E-state index contributed by atoms with van der Waals surface area (Å²) in [6.07, 6.45) is 4.13. The smallest absolute Gasteiger partial charge is 0.248 e. The van der Waals surface area contributed by atoms with Gasteiger partial charge >= 0.3 is 0 Å². The number of aromatic hydroxyl groups is 1. The lowest BCUT2D eigenvalue weighted by Gasteiger charge is -2.58. The molecule has 4 nitrogen and oxygen atoms in total. The molecule has 2 N–H and O–H groups in total. The van der Waals surface area contributed by atoms with Gasteiger partial charge in [-0.1, -0.05) is 53.0 Å². The fourth-order valence-corrected chi connectivity index (χ4v) is 6.00. The van der Waals surface area contributed by atoms with Crippen molar-refractivity contribution in [3.63, 3.8) is 0 Å². The van der Waals surface area contributed by atoms with Crippen molar-refractivity contribution in [2.24, 2.45) is 5.92 Å². The molecule has 0 aromatic heterocycles. The highest BCUT2D eigenvalue weighted by atomic mass is 35.6. The number of piperidine rings is 1. The molecule has 128 valence electrons. The van der Waals surface area contributed by atoms with Crippen molar-refractivity contribution in [2.75, 3.05) is 6.54 Å². The highest BCUT2D eigenvalue weighted by molar-refractivity contribution is 6.67.